The molecule has 0 aromatic carbocycles. The van der Waals surface area contributed by atoms with Crippen molar-refractivity contribution in [3.8, 4) is 0 Å². The van der Waals surface area contributed by atoms with E-state index in [0.29, 0.717) is 11.9 Å². The molecule has 2 rings (SSSR count). The Hall–Kier alpha value is -1.32. The van der Waals surface area contributed by atoms with Gasteiger partial charge in [0.25, 0.3) is 0 Å². The quantitative estimate of drug-likeness (QED) is 0.787. The summed E-state index contributed by atoms with van der Waals surface area (Å²) in [6.07, 6.45) is 6.68. The Labute approximate surface area is 96.9 Å². The fourth-order valence-electron chi connectivity index (χ4n) is 2.33. The van der Waals surface area contributed by atoms with Crippen LogP contribution in [0.4, 0.5) is 11.6 Å². The van der Waals surface area contributed by atoms with Crippen LogP contribution in [0.1, 0.15) is 38.2 Å². The summed E-state index contributed by atoms with van der Waals surface area (Å²) in [5, 5.41) is 0. The first-order chi connectivity index (χ1) is 7.70. The van der Waals surface area contributed by atoms with Crippen LogP contribution in [0, 0.1) is 6.92 Å². The summed E-state index contributed by atoms with van der Waals surface area (Å²) in [6.45, 7) is 5.35. The molecule has 1 aromatic heterocycles. The monoisotopic (exact) mass is 220 g/mol. The number of rotatable bonds is 1. The average molecular weight is 220 g/mol. The van der Waals surface area contributed by atoms with Crippen molar-refractivity contribution in [2.24, 2.45) is 0 Å². The maximum Gasteiger partial charge on any atom is 0.137 e. The van der Waals surface area contributed by atoms with Gasteiger partial charge in [-0.1, -0.05) is 12.8 Å². The van der Waals surface area contributed by atoms with Crippen molar-refractivity contribution >= 4 is 11.6 Å². The van der Waals surface area contributed by atoms with Crippen LogP contribution in [0.3, 0.4) is 0 Å². The Kier molecular flexibility index (Phi) is 3.27. The molecule has 4 heteroatoms. The zero-order valence-electron chi connectivity index (χ0n) is 10.1. The van der Waals surface area contributed by atoms with E-state index in [2.05, 4.69) is 21.8 Å². The highest BCUT2D eigenvalue weighted by molar-refractivity contribution is 5.56. The first-order valence-corrected chi connectivity index (χ1v) is 6.04. The van der Waals surface area contributed by atoms with Gasteiger partial charge in [0.05, 0.1) is 0 Å². The van der Waals surface area contributed by atoms with Crippen molar-refractivity contribution in [1.82, 2.24) is 9.97 Å². The van der Waals surface area contributed by atoms with Crippen molar-refractivity contribution in [2.45, 2.75) is 45.6 Å². The molecule has 1 aliphatic rings. The summed E-state index contributed by atoms with van der Waals surface area (Å²) in [6, 6.07) is 0.551. The molecule has 0 aliphatic carbocycles. The van der Waals surface area contributed by atoms with Crippen LogP contribution in [0.15, 0.2) is 6.33 Å². The zero-order valence-corrected chi connectivity index (χ0v) is 10.1. The van der Waals surface area contributed by atoms with Gasteiger partial charge in [-0.05, 0) is 26.7 Å². The molecule has 0 spiro atoms. The number of hydrogen-bond donors (Lipinski definition) is 1. The number of aromatic nitrogens is 2. The molecule has 1 atom stereocenters. The maximum atomic E-state index is 5.83. The van der Waals surface area contributed by atoms with Gasteiger partial charge >= 0.3 is 0 Å². The van der Waals surface area contributed by atoms with Gasteiger partial charge in [-0.25, -0.2) is 9.97 Å². The molecule has 0 bridgehead atoms. The van der Waals surface area contributed by atoms with Gasteiger partial charge < -0.3 is 10.6 Å². The molecule has 1 saturated heterocycles. The van der Waals surface area contributed by atoms with Crippen molar-refractivity contribution in [1.29, 1.82) is 0 Å². The van der Waals surface area contributed by atoms with Gasteiger partial charge in [0.2, 0.25) is 0 Å². The Bertz CT molecular complexity index is 364. The predicted octanol–water partition coefficient (Wildman–Crippen LogP) is 2.14. The van der Waals surface area contributed by atoms with E-state index in [1.165, 1.54) is 25.7 Å². The van der Waals surface area contributed by atoms with Gasteiger partial charge in [-0.3, -0.25) is 0 Å². The van der Waals surface area contributed by atoms with E-state index in [1.807, 2.05) is 6.92 Å². The Balaban J connectivity index is 2.30. The molecule has 1 aliphatic heterocycles. The Morgan fingerprint density at radius 3 is 2.94 bits per heavy atom. The number of nitrogens with two attached hydrogens (primary N) is 1. The number of hydrogen-bond acceptors (Lipinski definition) is 4. The van der Waals surface area contributed by atoms with Crippen LogP contribution < -0.4 is 10.6 Å². The highest BCUT2D eigenvalue weighted by Gasteiger charge is 2.20. The topological polar surface area (TPSA) is 55.0 Å². The lowest BCUT2D eigenvalue weighted by molar-refractivity contribution is 0.609. The van der Waals surface area contributed by atoms with Gasteiger partial charge in [0.1, 0.15) is 18.0 Å². The lowest BCUT2D eigenvalue weighted by atomic mass is 10.1. The molecule has 2 heterocycles. The van der Waals surface area contributed by atoms with Crippen LogP contribution >= 0.6 is 0 Å². The van der Waals surface area contributed by atoms with Crippen molar-refractivity contribution < 1.29 is 0 Å². The van der Waals surface area contributed by atoms with Gasteiger partial charge in [0, 0.05) is 18.2 Å². The molecule has 0 radical (unpaired) electrons. The fraction of sp³-hybridized carbons (Fsp3) is 0.667. The standard InChI is InChI=1S/C12H20N4/c1-9-6-4-3-5-7-16(9)12-10(2)11(13)14-8-15-12/h8-9H,3-7H2,1-2H3,(H2,13,14,15). The zero-order chi connectivity index (χ0) is 11.5. The first-order valence-electron chi connectivity index (χ1n) is 6.04. The Morgan fingerprint density at radius 2 is 2.12 bits per heavy atom. The predicted molar refractivity (Wildman–Crippen MR) is 66.5 cm³/mol. The third kappa shape index (κ3) is 2.10. The smallest absolute Gasteiger partial charge is 0.137 e. The van der Waals surface area contributed by atoms with E-state index in [9.17, 15) is 0 Å². The molecular weight excluding hydrogens is 200 g/mol. The highest BCUT2D eigenvalue weighted by atomic mass is 15.2. The minimum Gasteiger partial charge on any atom is -0.383 e. The van der Waals surface area contributed by atoms with Crippen molar-refractivity contribution in [3.63, 3.8) is 0 Å². The highest BCUT2D eigenvalue weighted by Crippen LogP contribution is 2.26. The summed E-state index contributed by atoms with van der Waals surface area (Å²) in [5.41, 5.74) is 6.84. The van der Waals surface area contributed by atoms with Crippen LogP contribution in [0.25, 0.3) is 0 Å². The number of anilines is 2. The summed E-state index contributed by atoms with van der Waals surface area (Å²) < 4.78 is 0. The third-order valence-corrected chi connectivity index (χ3v) is 3.42. The second kappa shape index (κ2) is 4.68. The molecule has 88 valence electrons. The van der Waals surface area contributed by atoms with Crippen molar-refractivity contribution in [2.75, 3.05) is 17.2 Å². The van der Waals surface area contributed by atoms with Crippen molar-refractivity contribution in [3.05, 3.63) is 11.9 Å². The summed E-state index contributed by atoms with van der Waals surface area (Å²) in [5.74, 6) is 1.61. The van der Waals surface area contributed by atoms with Gasteiger partial charge in [-0.2, -0.15) is 0 Å². The molecule has 0 amide bonds. The van der Waals surface area contributed by atoms with Crippen LogP contribution in [-0.2, 0) is 0 Å². The molecule has 1 aromatic rings. The van der Waals surface area contributed by atoms with E-state index in [1.54, 1.807) is 6.33 Å². The van der Waals surface area contributed by atoms with Crippen LogP contribution in [0.5, 0.6) is 0 Å². The molecule has 16 heavy (non-hydrogen) atoms. The minimum absolute atomic E-state index is 0.551. The molecule has 1 unspecified atom stereocenters. The largest absolute Gasteiger partial charge is 0.383 e. The average Bonchev–Trinajstić information content (AvgIpc) is 2.47. The summed E-state index contributed by atoms with van der Waals surface area (Å²) in [7, 11) is 0. The van der Waals surface area contributed by atoms with E-state index >= 15 is 0 Å². The molecule has 1 fully saturated rings. The third-order valence-electron chi connectivity index (χ3n) is 3.42. The van der Waals surface area contributed by atoms with Gasteiger partial charge in [-0.15, -0.1) is 0 Å². The van der Waals surface area contributed by atoms with E-state index in [4.69, 9.17) is 5.73 Å². The fourth-order valence-corrected chi connectivity index (χ4v) is 2.33. The summed E-state index contributed by atoms with van der Waals surface area (Å²) in [4.78, 5) is 10.8. The van der Waals surface area contributed by atoms with Gasteiger partial charge in [0.15, 0.2) is 0 Å². The minimum atomic E-state index is 0.551. The lowest BCUT2D eigenvalue weighted by Crippen LogP contribution is -2.34. The molecule has 0 saturated carbocycles. The summed E-state index contributed by atoms with van der Waals surface area (Å²) >= 11 is 0. The number of nitrogen functional groups attached to an aromatic ring is 1. The number of nitrogens with zero attached hydrogens (tertiary/aromatic N) is 3. The second-order valence-electron chi connectivity index (χ2n) is 4.60. The first kappa shape index (κ1) is 11.2. The normalized spacial score (nSPS) is 21.9. The Morgan fingerprint density at radius 1 is 1.31 bits per heavy atom. The molecular formula is C12H20N4. The van der Waals surface area contributed by atoms with E-state index < -0.39 is 0 Å². The van der Waals surface area contributed by atoms with Crippen LogP contribution in [0.2, 0.25) is 0 Å². The van der Waals surface area contributed by atoms with E-state index in [-0.39, 0.29) is 0 Å². The second-order valence-corrected chi connectivity index (χ2v) is 4.60. The molecule has 2 N–H and O–H groups in total. The maximum absolute atomic E-state index is 5.83. The molecule has 4 nitrogen and oxygen atoms in total. The SMILES string of the molecule is Cc1c(N)ncnc1N1CCCCCC1C. The lowest BCUT2D eigenvalue weighted by Gasteiger charge is -2.29. The van der Waals surface area contributed by atoms with E-state index in [0.717, 1.165) is 17.9 Å². The van der Waals surface area contributed by atoms with Crippen LogP contribution in [-0.4, -0.2) is 22.6 Å².